The zero-order valence-corrected chi connectivity index (χ0v) is 19.4. The number of nitrogens with one attached hydrogen (secondary N) is 3. The minimum atomic E-state index is -0.307. The van der Waals surface area contributed by atoms with Gasteiger partial charge in [-0.2, -0.15) is 0 Å². The molecule has 0 spiro atoms. The highest BCUT2D eigenvalue weighted by Crippen LogP contribution is 2.24. The van der Waals surface area contributed by atoms with Gasteiger partial charge < -0.3 is 16.0 Å². The summed E-state index contributed by atoms with van der Waals surface area (Å²) < 4.78 is 13.5. The smallest absolute Gasteiger partial charge is 0.252 e. The number of hydrogen-bond donors (Lipinski definition) is 3. The second-order valence-electron chi connectivity index (χ2n) is 7.01. The van der Waals surface area contributed by atoms with Crippen molar-refractivity contribution in [2.24, 2.45) is 4.99 Å². The molecule has 0 aliphatic carbocycles. The summed E-state index contributed by atoms with van der Waals surface area (Å²) in [4.78, 5) is 20.6. The average molecular weight is 513 g/mol. The molecule has 0 atom stereocenters. The van der Waals surface area contributed by atoms with Gasteiger partial charge in [0.25, 0.3) is 5.91 Å². The first kappa shape index (κ1) is 24.8. The number of aromatic nitrogens is 1. The second kappa shape index (κ2) is 12.4. The summed E-state index contributed by atoms with van der Waals surface area (Å²) in [6.07, 6.45) is 3.16. The van der Waals surface area contributed by atoms with Gasteiger partial charge in [-0.15, -0.1) is 24.0 Å². The molecule has 8 heteroatoms. The van der Waals surface area contributed by atoms with Crippen molar-refractivity contribution in [2.45, 2.75) is 26.2 Å². The first-order valence-electron chi connectivity index (χ1n) is 9.39. The van der Waals surface area contributed by atoms with E-state index in [4.69, 9.17) is 0 Å². The largest absolute Gasteiger partial charge is 0.357 e. The summed E-state index contributed by atoms with van der Waals surface area (Å²) in [7, 11) is 0. The van der Waals surface area contributed by atoms with Crippen molar-refractivity contribution in [1.29, 1.82) is 0 Å². The summed E-state index contributed by atoms with van der Waals surface area (Å²) in [5, 5.41) is 9.21. The molecule has 2 rings (SSSR count). The Balaban J connectivity index is 0.00000420. The number of pyridine rings is 1. The third-order valence-corrected chi connectivity index (χ3v) is 4.21. The van der Waals surface area contributed by atoms with E-state index >= 15 is 0 Å². The number of aliphatic imine (C=N–C) groups is 1. The van der Waals surface area contributed by atoms with E-state index in [1.165, 1.54) is 12.3 Å². The maximum atomic E-state index is 13.5. The highest BCUT2D eigenvalue weighted by molar-refractivity contribution is 14.0. The van der Waals surface area contributed by atoms with Gasteiger partial charge in [-0.3, -0.25) is 14.8 Å². The number of benzene rings is 1. The van der Waals surface area contributed by atoms with Crippen LogP contribution in [0.15, 0.2) is 53.8 Å². The van der Waals surface area contributed by atoms with Crippen molar-refractivity contribution in [1.82, 2.24) is 20.9 Å². The van der Waals surface area contributed by atoms with Crippen molar-refractivity contribution in [2.75, 3.05) is 26.2 Å². The predicted molar refractivity (Wildman–Crippen MR) is 125 cm³/mol. The molecule has 0 saturated carbocycles. The fourth-order valence-electron chi connectivity index (χ4n) is 2.58. The van der Waals surface area contributed by atoms with Crippen LogP contribution in [-0.4, -0.2) is 43.0 Å². The molecule has 0 aliphatic rings. The third-order valence-electron chi connectivity index (χ3n) is 4.21. The van der Waals surface area contributed by atoms with Crippen molar-refractivity contribution < 1.29 is 9.18 Å². The Labute approximate surface area is 188 Å². The van der Waals surface area contributed by atoms with Gasteiger partial charge in [0.2, 0.25) is 0 Å². The molecule has 0 fully saturated rings. The Bertz CT molecular complexity index is 799. The van der Waals surface area contributed by atoms with Crippen molar-refractivity contribution >= 4 is 35.8 Å². The van der Waals surface area contributed by atoms with Crippen molar-refractivity contribution in [3.63, 3.8) is 0 Å². The lowest BCUT2D eigenvalue weighted by Gasteiger charge is -2.24. The number of guanidine groups is 1. The van der Waals surface area contributed by atoms with E-state index in [1.54, 1.807) is 30.5 Å². The molecule has 3 N–H and O–H groups in total. The lowest BCUT2D eigenvalue weighted by Crippen LogP contribution is -2.42. The Hall–Kier alpha value is -2.23. The molecule has 158 valence electrons. The molecule has 0 radical (unpaired) electrons. The number of carbonyl (C=O) groups is 1. The Morgan fingerprint density at radius 1 is 1.14 bits per heavy atom. The monoisotopic (exact) mass is 513 g/mol. The number of amides is 1. The number of halogens is 2. The summed E-state index contributed by atoms with van der Waals surface area (Å²) in [5.41, 5.74) is 1.12. The van der Waals surface area contributed by atoms with Crippen LogP contribution >= 0.6 is 24.0 Å². The van der Waals surface area contributed by atoms with Gasteiger partial charge >= 0.3 is 0 Å². The average Bonchev–Trinajstić information content (AvgIpc) is 2.69. The molecule has 0 saturated heterocycles. The topological polar surface area (TPSA) is 78.4 Å². The van der Waals surface area contributed by atoms with Gasteiger partial charge in [-0.25, -0.2) is 4.39 Å². The maximum Gasteiger partial charge on any atom is 0.252 e. The highest BCUT2D eigenvalue weighted by atomic mass is 127. The SMILES string of the molecule is CCNC(=NCC(C)(C)c1cccc(F)c1)NCCNC(=O)c1cccnc1.I. The van der Waals surface area contributed by atoms with Gasteiger partial charge in [0, 0.05) is 37.4 Å². The van der Waals surface area contributed by atoms with E-state index in [9.17, 15) is 9.18 Å². The van der Waals surface area contributed by atoms with E-state index in [0.717, 1.165) is 5.56 Å². The van der Waals surface area contributed by atoms with Crippen LogP contribution in [0.1, 0.15) is 36.7 Å². The number of carbonyl (C=O) groups excluding carboxylic acids is 1. The molecule has 29 heavy (non-hydrogen) atoms. The molecule has 0 aliphatic heterocycles. The van der Waals surface area contributed by atoms with E-state index in [2.05, 4.69) is 25.9 Å². The highest BCUT2D eigenvalue weighted by Gasteiger charge is 2.21. The lowest BCUT2D eigenvalue weighted by atomic mass is 9.85. The molecular weight excluding hydrogens is 484 g/mol. The molecule has 0 bridgehead atoms. The molecule has 1 aromatic heterocycles. The Kier molecular flexibility index (Phi) is 10.6. The summed E-state index contributed by atoms with van der Waals surface area (Å²) in [5.74, 6) is 0.246. The minimum Gasteiger partial charge on any atom is -0.357 e. The number of hydrogen-bond acceptors (Lipinski definition) is 3. The Morgan fingerprint density at radius 3 is 2.55 bits per heavy atom. The van der Waals surface area contributed by atoms with Crippen LogP contribution in [0.2, 0.25) is 0 Å². The number of rotatable bonds is 8. The van der Waals surface area contributed by atoms with Crippen LogP contribution in [0.5, 0.6) is 0 Å². The van der Waals surface area contributed by atoms with Crippen molar-refractivity contribution in [3.8, 4) is 0 Å². The molecule has 1 heterocycles. The van der Waals surface area contributed by atoms with Gasteiger partial charge in [-0.05, 0) is 36.8 Å². The Morgan fingerprint density at radius 2 is 1.90 bits per heavy atom. The quantitative estimate of drug-likeness (QED) is 0.220. The van der Waals surface area contributed by atoms with Crippen molar-refractivity contribution in [3.05, 3.63) is 65.7 Å². The molecule has 1 aromatic carbocycles. The van der Waals surface area contributed by atoms with Crippen LogP contribution in [0.25, 0.3) is 0 Å². The molecule has 2 aromatic rings. The van der Waals surface area contributed by atoms with E-state index in [-0.39, 0.29) is 41.1 Å². The first-order valence-corrected chi connectivity index (χ1v) is 9.39. The summed E-state index contributed by atoms with van der Waals surface area (Å²) >= 11 is 0. The lowest BCUT2D eigenvalue weighted by molar-refractivity contribution is 0.0954. The summed E-state index contributed by atoms with van der Waals surface area (Å²) in [6, 6.07) is 10.1. The fourth-order valence-corrected chi connectivity index (χ4v) is 2.58. The molecular formula is C21H29FIN5O. The molecule has 1 amide bonds. The standard InChI is InChI=1S/C21H28FN5O.HI/c1-4-24-20(26-12-11-25-19(28)16-7-6-10-23-14-16)27-15-21(2,3)17-8-5-9-18(22)13-17;/h5-10,13-14H,4,11-12,15H2,1-3H3,(H,25,28)(H2,24,26,27);1H. The van der Waals surface area contributed by atoms with Gasteiger partial charge in [-0.1, -0.05) is 26.0 Å². The van der Waals surface area contributed by atoms with Crippen LogP contribution in [-0.2, 0) is 5.41 Å². The van der Waals surface area contributed by atoms with E-state index < -0.39 is 0 Å². The van der Waals surface area contributed by atoms with E-state index in [0.29, 0.717) is 37.7 Å². The number of nitrogens with zero attached hydrogens (tertiary/aromatic N) is 2. The zero-order valence-electron chi connectivity index (χ0n) is 17.0. The van der Waals surface area contributed by atoms with Gasteiger partial charge in [0.05, 0.1) is 12.1 Å². The summed E-state index contributed by atoms with van der Waals surface area (Å²) in [6.45, 7) is 8.23. The normalized spacial score (nSPS) is 11.4. The minimum absolute atomic E-state index is 0. The van der Waals surface area contributed by atoms with Crippen LogP contribution in [0.3, 0.4) is 0 Å². The van der Waals surface area contributed by atoms with E-state index in [1.807, 2.05) is 26.8 Å². The van der Waals surface area contributed by atoms with Crippen LogP contribution < -0.4 is 16.0 Å². The first-order chi connectivity index (χ1) is 13.4. The van der Waals surface area contributed by atoms with Crippen LogP contribution in [0, 0.1) is 5.82 Å². The fraction of sp³-hybridized carbons (Fsp3) is 0.381. The predicted octanol–water partition coefficient (Wildman–Crippen LogP) is 3.10. The van der Waals surface area contributed by atoms with Gasteiger partial charge in [0.1, 0.15) is 5.82 Å². The molecule has 6 nitrogen and oxygen atoms in total. The maximum absolute atomic E-state index is 13.5. The van der Waals surface area contributed by atoms with Gasteiger partial charge in [0.15, 0.2) is 5.96 Å². The molecule has 0 unspecified atom stereocenters. The second-order valence-corrected chi connectivity index (χ2v) is 7.01. The zero-order chi connectivity index (χ0) is 20.4. The van der Waals surface area contributed by atoms with Crippen LogP contribution in [0.4, 0.5) is 4.39 Å². The third kappa shape index (κ3) is 8.35.